The number of nitroso groups, excluding NO2 is 1. The summed E-state index contributed by atoms with van der Waals surface area (Å²) < 4.78 is 4.85. The van der Waals surface area contributed by atoms with Crippen LogP contribution in [0.1, 0.15) is 27.2 Å². The normalized spacial score (nSPS) is 13.2. The molecule has 1 amide bonds. The summed E-state index contributed by atoms with van der Waals surface area (Å²) in [6.07, 6.45) is 1.46. The second-order valence-corrected chi connectivity index (χ2v) is 2.88. The van der Waals surface area contributed by atoms with Gasteiger partial charge in [-0.15, -0.1) is 4.91 Å². The quantitative estimate of drug-likeness (QED) is 0.391. The molecule has 0 aliphatic carbocycles. The van der Waals surface area contributed by atoms with Crippen LogP contribution in [-0.2, 0) is 14.3 Å². The molecule has 0 N–H and O–H groups in total. The van der Waals surface area contributed by atoms with Crippen molar-refractivity contribution in [2.75, 3.05) is 0 Å². The molecule has 0 rings (SSSR count). The molecule has 0 heterocycles. The largest absolute Gasteiger partial charge is 0.460 e. The van der Waals surface area contributed by atoms with Crippen LogP contribution in [0.15, 0.2) is 16.8 Å². The van der Waals surface area contributed by atoms with Crippen LogP contribution in [0.25, 0.3) is 0 Å². The number of esters is 1. The van der Waals surface area contributed by atoms with E-state index in [9.17, 15) is 14.5 Å². The lowest BCUT2D eigenvalue weighted by atomic mass is 10.2. The van der Waals surface area contributed by atoms with Gasteiger partial charge in [0.05, 0.1) is 6.10 Å². The van der Waals surface area contributed by atoms with Crippen molar-refractivity contribution in [1.82, 2.24) is 0 Å². The van der Waals surface area contributed by atoms with Gasteiger partial charge < -0.3 is 4.74 Å². The zero-order valence-electron chi connectivity index (χ0n) is 8.44. The van der Waals surface area contributed by atoms with Crippen molar-refractivity contribution in [3.05, 3.63) is 16.6 Å². The molecule has 0 fully saturated rings. The number of hydrogen-bond acceptors (Lipinski definition) is 4. The Morgan fingerprint density at radius 1 is 1.50 bits per heavy atom. The minimum atomic E-state index is -0.953. The van der Waals surface area contributed by atoms with Crippen molar-refractivity contribution < 1.29 is 14.3 Å². The summed E-state index contributed by atoms with van der Waals surface area (Å²) in [5, 5.41) is 2.18. The molecule has 5 heteroatoms. The van der Waals surface area contributed by atoms with Crippen LogP contribution in [-0.4, -0.2) is 18.0 Å². The number of amides is 1. The van der Waals surface area contributed by atoms with Gasteiger partial charge in [-0.3, -0.25) is 4.79 Å². The zero-order valence-corrected chi connectivity index (χ0v) is 8.44. The molecule has 1 atom stereocenters. The number of nitrogens with zero attached hydrogens (tertiary/aromatic N) is 1. The fourth-order valence-corrected chi connectivity index (χ4v) is 0.626. The van der Waals surface area contributed by atoms with E-state index < -0.39 is 11.9 Å². The number of rotatable bonds is 4. The smallest absolute Gasteiger partial charge is 0.331 e. The summed E-state index contributed by atoms with van der Waals surface area (Å²) in [5.41, 5.74) is -0.0201. The average molecular weight is 199 g/mol. The number of ether oxygens (including phenoxy) is 1. The first-order chi connectivity index (χ1) is 6.51. The van der Waals surface area contributed by atoms with Crippen LogP contribution in [0.5, 0.6) is 0 Å². The van der Waals surface area contributed by atoms with Gasteiger partial charge in [-0.05, 0) is 20.3 Å². The van der Waals surface area contributed by atoms with E-state index in [1.54, 1.807) is 6.92 Å². The van der Waals surface area contributed by atoms with Crippen LogP contribution in [0, 0.1) is 4.91 Å². The van der Waals surface area contributed by atoms with Crippen molar-refractivity contribution >= 4 is 11.9 Å². The molecule has 0 bridgehead atoms. The summed E-state index contributed by atoms with van der Waals surface area (Å²) in [6.45, 7) is 4.94. The lowest BCUT2D eigenvalue weighted by Crippen LogP contribution is -2.12. The summed E-state index contributed by atoms with van der Waals surface area (Å²) in [5.74, 6) is -1.58. The van der Waals surface area contributed by atoms with Gasteiger partial charge in [-0.25, -0.2) is 4.79 Å². The average Bonchev–Trinajstić information content (AvgIpc) is 2.15. The molecular formula is C9H13NO4. The third-order valence-electron chi connectivity index (χ3n) is 1.65. The second-order valence-electron chi connectivity index (χ2n) is 2.88. The van der Waals surface area contributed by atoms with Crippen LogP contribution >= 0.6 is 0 Å². The van der Waals surface area contributed by atoms with E-state index in [-0.39, 0.29) is 11.7 Å². The van der Waals surface area contributed by atoms with E-state index in [1.165, 1.54) is 6.92 Å². The maximum atomic E-state index is 11.0. The summed E-state index contributed by atoms with van der Waals surface area (Å²) in [7, 11) is 0. The summed E-state index contributed by atoms with van der Waals surface area (Å²) in [6, 6.07) is 0. The van der Waals surface area contributed by atoms with Gasteiger partial charge in [-0.1, -0.05) is 6.92 Å². The predicted octanol–water partition coefficient (Wildman–Crippen LogP) is 1.57. The number of hydrogen-bond donors (Lipinski definition) is 0. The van der Waals surface area contributed by atoms with Gasteiger partial charge in [0.15, 0.2) is 0 Å². The Bertz CT molecular complexity index is 270. The summed E-state index contributed by atoms with van der Waals surface area (Å²) >= 11 is 0. The SMILES string of the molecule is CCC(C)OC(=O)/C=C(\C)C(=O)N=O. The molecule has 0 aliphatic rings. The van der Waals surface area contributed by atoms with Crippen LogP contribution in [0.4, 0.5) is 0 Å². The maximum absolute atomic E-state index is 11.0. The topological polar surface area (TPSA) is 72.8 Å². The van der Waals surface area contributed by atoms with E-state index in [1.807, 2.05) is 6.92 Å². The third kappa shape index (κ3) is 4.49. The molecule has 1 unspecified atom stereocenters. The predicted molar refractivity (Wildman–Crippen MR) is 50.4 cm³/mol. The van der Waals surface area contributed by atoms with Crippen molar-refractivity contribution in [1.29, 1.82) is 0 Å². The highest BCUT2D eigenvalue weighted by Gasteiger charge is 2.09. The van der Waals surface area contributed by atoms with Crippen molar-refractivity contribution in [3.63, 3.8) is 0 Å². The first-order valence-corrected chi connectivity index (χ1v) is 4.27. The molecule has 0 saturated heterocycles. The standard InChI is InChI=1S/C9H13NO4/c1-4-7(3)14-8(11)5-6(2)9(12)10-13/h5,7H,4H2,1-3H3/b6-5+. The summed E-state index contributed by atoms with van der Waals surface area (Å²) in [4.78, 5) is 31.5. The monoisotopic (exact) mass is 199 g/mol. The Balaban J connectivity index is 4.29. The third-order valence-corrected chi connectivity index (χ3v) is 1.65. The molecule has 0 aromatic heterocycles. The van der Waals surface area contributed by atoms with Gasteiger partial charge in [0.25, 0.3) is 0 Å². The van der Waals surface area contributed by atoms with Gasteiger partial charge in [0.1, 0.15) is 0 Å². The molecule has 5 nitrogen and oxygen atoms in total. The van der Waals surface area contributed by atoms with E-state index in [0.717, 1.165) is 6.08 Å². The van der Waals surface area contributed by atoms with Gasteiger partial charge >= 0.3 is 11.9 Å². The van der Waals surface area contributed by atoms with Crippen molar-refractivity contribution in [2.24, 2.45) is 5.18 Å². The minimum absolute atomic E-state index is 0.0201. The Hall–Kier alpha value is -1.52. The highest BCUT2D eigenvalue weighted by Crippen LogP contribution is 2.01. The minimum Gasteiger partial charge on any atom is -0.460 e. The van der Waals surface area contributed by atoms with Gasteiger partial charge in [-0.2, -0.15) is 0 Å². The molecule has 0 spiro atoms. The lowest BCUT2D eigenvalue weighted by molar-refractivity contribution is -0.142. The Morgan fingerprint density at radius 2 is 2.07 bits per heavy atom. The van der Waals surface area contributed by atoms with Crippen molar-refractivity contribution in [2.45, 2.75) is 33.3 Å². The first-order valence-electron chi connectivity index (χ1n) is 4.27. The first kappa shape index (κ1) is 12.5. The second kappa shape index (κ2) is 6.01. The number of carbonyl (C=O) groups excluding carboxylic acids is 2. The lowest BCUT2D eigenvalue weighted by Gasteiger charge is -2.08. The van der Waals surface area contributed by atoms with Crippen molar-refractivity contribution in [3.8, 4) is 0 Å². The highest BCUT2D eigenvalue weighted by atomic mass is 16.5. The maximum Gasteiger partial charge on any atom is 0.331 e. The highest BCUT2D eigenvalue weighted by molar-refractivity contribution is 5.99. The van der Waals surface area contributed by atoms with Gasteiger partial charge in [0, 0.05) is 16.8 Å². The van der Waals surface area contributed by atoms with Gasteiger partial charge in [0.2, 0.25) is 0 Å². The Labute approximate surface area is 82.1 Å². The molecule has 14 heavy (non-hydrogen) atoms. The molecule has 0 saturated carbocycles. The molecule has 0 aromatic carbocycles. The number of carbonyl (C=O) groups is 2. The van der Waals surface area contributed by atoms with E-state index in [0.29, 0.717) is 6.42 Å². The zero-order chi connectivity index (χ0) is 11.1. The molecular weight excluding hydrogens is 186 g/mol. The van der Waals surface area contributed by atoms with Crippen LogP contribution in [0.2, 0.25) is 0 Å². The van der Waals surface area contributed by atoms with Crippen LogP contribution < -0.4 is 0 Å². The fourth-order valence-electron chi connectivity index (χ4n) is 0.626. The molecule has 0 radical (unpaired) electrons. The Morgan fingerprint density at radius 3 is 2.50 bits per heavy atom. The molecule has 0 aliphatic heterocycles. The van der Waals surface area contributed by atoms with E-state index >= 15 is 0 Å². The molecule has 0 aromatic rings. The van der Waals surface area contributed by atoms with E-state index in [2.05, 4.69) is 5.18 Å². The Kier molecular flexibility index (Phi) is 5.36. The van der Waals surface area contributed by atoms with E-state index in [4.69, 9.17) is 4.74 Å². The van der Waals surface area contributed by atoms with Crippen LogP contribution in [0.3, 0.4) is 0 Å². The molecule has 78 valence electrons. The fraction of sp³-hybridized carbons (Fsp3) is 0.556.